The number of halogens is 3. The number of nitrogens with two attached hydrogens (primary N) is 1. The topological polar surface area (TPSA) is 64.9 Å². The van der Waals surface area contributed by atoms with E-state index < -0.39 is 18.6 Å². The second-order valence-electron chi connectivity index (χ2n) is 4.46. The molecule has 1 aromatic carbocycles. The molecular weight excluding hydrogens is 271 g/mol. The van der Waals surface area contributed by atoms with E-state index in [9.17, 15) is 13.2 Å². The average Bonchev–Trinajstić information content (AvgIpc) is 2.86. The molecular formula is C13H14F3N3O. The van der Waals surface area contributed by atoms with Gasteiger partial charge in [-0.2, -0.15) is 18.2 Å². The third kappa shape index (κ3) is 4.34. The normalized spacial score (nSPS) is 13.4. The molecule has 0 aliphatic rings. The number of hydrogen-bond donors (Lipinski definition) is 1. The molecule has 20 heavy (non-hydrogen) atoms. The van der Waals surface area contributed by atoms with Crippen molar-refractivity contribution in [2.24, 2.45) is 5.73 Å². The SMILES string of the molecule is N[C@H](Cc1ccccc1)c1nc(CCC(F)(F)F)no1. The Morgan fingerprint density at radius 2 is 1.90 bits per heavy atom. The van der Waals surface area contributed by atoms with Gasteiger partial charge in [-0.1, -0.05) is 35.5 Å². The van der Waals surface area contributed by atoms with E-state index in [2.05, 4.69) is 10.1 Å². The van der Waals surface area contributed by atoms with E-state index in [1.807, 2.05) is 30.3 Å². The van der Waals surface area contributed by atoms with E-state index in [0.29, 0.717) is 6.42 Å². The quantitative estimate of drug-likeness (QED) is 0.917. The summed E-state index contributed by atoms with van der Waals surface area (Å²) in [6.45, 7) is 0. The van der Waals surface area contributed by atoms with Crippen LogP contribution in [0.1, 0.15) is 29.7 Å². The first-order valence-electron chi connectivity index (χ1n) is 6.13. The molecule has 7 heteroatoms. The van der Waals surface area contributed by atoms with Gasteiger partial charge < -0.3 is 10.3 Å². The molecule has 1 heterocycles. The Bertz CT molecular complexity index is 539. The smallest absolute Gasteiger partial charge is 0.338 e. The highest BCUT2D eigenvalue weighted by Gasteiger charge is 2.28. The first-order chi connectivity index (χ1) is 9.44. The van der Waals surface area contributed by atoms with Crippen LogP contribution in [-0.4, -0.2) is 16.3 Å². The summed E-state index contributed by atoms with van der Waals surface area (Å²) in [5.74, 6) is 0.187. The van der Waals surface area contributed by atoms with Crippen molar-refractivity contribution in [2.45, 2.75) is 31.5 Å². The van der Waals surface area contributed by atoms with Crippen LogP contribution < -0.4 is 5.73 Å². The van der Waals surface area contributed by atoms with Crippen LogP contribution in [0.4, 0.5) is 13.2 Å². The minimum absolute atomic E-state index is 0.0286. The van der Waals surface area contributed by atoms with Gasteiger partial charge in [-0.3, -0.25) is 0 Å². The number of rotatable bonds is 5. The lowest BCUT2D eigenvalue weighted by Crippen LogP contribution is -2.14. The van der Waals surface area contributed by atoms with Crippen LogP contribution in [0.25, 0.3) is 0 Å². The average molecular weight is 285 g/mol. The van der Waals surface area contributed by atoms with Crippen molar-refractivity contribution in [3.05, 3.63) is 47.6 Å². The van der Waals surface area contributed by atoms with Gasteiger partial charge in [0.1, 0.15) is 0 Å². The number of alkyl halides is 3. The second kappa shape index (κ2) is 6.04. The number of aromatic nitrogens is 2. The lowest BCUT2D eigenvalue weighted by Gasteiger charge is -2.06. The van der Waals surface area contributed by atoms with Crippen molar-refractivity contribution in [3.63, 3.8) is 0 Å². The van der Waals surface area contributed by atoms with Crippen molar-refractivity contribution >= 4 is 0 Å². The summed E-state index contributed by atoms with van der Waals surface area (Å²) in [6, 6.07) is 8.93. The molecule has 1 atom stereocenters. The van der Waals surface area contributed by atoms with Crippen LogP contribution in [0.5, 0.6) is 0 Å². The maximum absolute atomic E-state index is 12.1. The standard InChI is InChI=1S/C13H14F3N3O/c14-13(15,16)7-6-11-18-12(20-19-11)10(17)8-9-4-2-1-3-5-9/h1-5,10H,6-8,17H2/t10-/m1/s1. The molecule has 0 aliphatic carbocycles. The minimum atomic E-state index is -4.23. The Balaban J connectivity index is 1.94. The molecule has 0 saturated carbocycles. The monoisotopic (exact) mass is 285 g/mol. The Morgan fingerprint density at radius 1 is 1.20 bits per heavy atom. The van der Waals surface area contributed by atoms with Crippen LogP contribution in [0.2, 0.25) is 0 Å². The molecule has 2 N–H and O–H groups in total. The van der Waals surface area contributed by atoms with E-state index in [4.69, 9.17) is 10.3 Å². The number of hydrogen-bond acceptors (Lipinski definition) is 4. The Kier molecular flexibility index (Phi) is 4.39. The largest absolute Gasteiger partial charge is 0.389 e. The van der Waals surface area contributed by atoms with E-state index in [-0.39, 0.29) is 18.1 Å². The first-order valence-corrected chi connectivity index (χ1v) is 6.13. The highest BCUT2D eigenvalue weighted by molar-refractivity contribution is 5.16. The predicted molar refractivity (Wildman–Crippen MR) is 65.7 cm³/mol. The zero-order valence-electron chi connectivity index (χ0n) is 10.6. The van der Waals surface area contributed by atoms with E-state index >= 15 is 0 Å². The van der Waals surface area contributed by atoms with Crippen molar-refractivity contribution in [1.82, 2.24) is 10.1 Å². The van der Waals surface area contributed by atoms with Crippen molar-refractivity contribution in [3.8, 4) is 0 Å². The van der Waals surface area contributed by atoms with Crippen molar-refractivity contribution < 1.29 is 17.7 Å². The lowest BCUT2D eigenvalue weighted by molar-refractivity contribution is -0.134. The molecule has 0 spiro atoms. The first kappa shape index (κ1) is 14.5. The maximum Gasteiger partial charge on any atom is 0.389 e. The van der Waals surface area contributed by atoms with Crippen molar-refractivity contribution in [1.29, 1.82) is 0 Å². The van der Waals surface area contributed by atoms with Gasteiger partial charge in [0, 0.05) is 6.42 Å². The van der Waals surface area contributed by atoms with Gasteiger partial charge in [-0.25, -0.2) is 0 Å². The van der Waals surface area contributed by atoms with Gasteiger partial charge in [-0.15, -0.1) is 0 Å². The molecule has 0 aliphatic heterocycles. The van der Waals surface area contributed by atoms with Gasteiger partial charge in [0.25, 0.3) is 0 Å². The summed E-state index contributed by atoms with van der Waals surface area (Å²) < 4.78 is 41.2. The molecule has 0 bridgehead atoms. The van der Waals surface area contributed by atoms with E-state index in [1.165, 1.54) is 0 Å². The fourth-order valence-electron chi connectivity index (χ4n) is 1.73. The zero-order chi connectivity index (χ0) is 14.6. The summed E-state index contributed by atoms with van der Waals surface area (Å²) >= 11 is 0. The number of benzene rings is 1. The van der Waals surface area contributed by atoms with Crippen molar-refractivity contribution in [2.75, 3.05) is 0 Å². The lowest BCUT2D eigenvalue weighted by atomic mass is 10.1. The van der Waals surface area contributed by atoms with Gasteiger partial charge in [0.2, 0.25) is 5.89 Å². The summed E-state index contributed by atoms with van der Waals surface area (Å²) in [5.41, 5.74) is 6.90. The fraction of sp³-hybridized carbons (Fsp3) is 0.385. The van der Waals surface area contributed by atoms with Gasteiger partial charge >= 0.3 is 6.18 Å². The minimum Gasteiger partial charge on any atom is -0.338 e. The molecule has 2 rings (SSSR count). The van der Waals surface area contributed by atoms with Crippen LogP contribution >= 0.6 is 0 Å². The second-order valence-corrected chi connectivity index (χ2v) is 4.46. The summed E-state index contributed by atoms with van der Waals surface area (Å²) in [5, 5.41) is 3.52. The third-order valence-corrected chi connectivity index (χ3v) is 2.73. The van der Waals surface area contributed by atoms with Gasteiger partial charge in [-0.05, 0) is 12.0 Å². The number of nitrogens with zero attached hydrogens (tertiary/aromatic N) is 2. The molecule has 0 saturated heterocycles. The van der Waals surface area contributed by atoms with Gasteiger partial charge in [0.15, 0.2) is 5.82 Å². The van der Waals surface area contributed by atoms with E-state index in [1.54, 1.807) is 0 Å². The molecule has 0 radical (unpaired) electrons. The summed E-state index contributed by atoms with van der Waals surface area (Å²) in [6.07, 6.45) is -5.01. The highest BCUT2D eigenvalue weighted by atomic mass is 19.4. The van der Waals surface area contributed by atoms with Crippen LogP contribution in [0.3, 0.4) is 0 Å². The van der Waals surface area contributed by atoms with E-state index in [0.717, 1.165) is 5.56 Å². The Hall–Kier alpha value is -1.89. The zero-order valence-corrected chi connectivity index (χ0v) is 10.6. The Labute approximate surface area is 113 Å². The maximum atomic E-state index is 12.1. The molecule has 0 amide bonds. The molecule has 0 fully saturated rings. The molecule has 108 valence electrons. The molecule has 2 aromatic rings. The summed E-state index contributed by atoms with van der Waals surface area (Å²) in [7, 11) is 0. The molecule has 1 aromatic heterocycles. The molecule has 0 unspecified atom stereocenters. The third-order valence-electron chi connectivity index (χ3n) is 2.73. The summed E-state index contributed by atoms with van der Waals surface area (Å²) in [4.78, 5) is 3.91. The van der Waals surface area contributed by atoms with Crippen LogP contribution in [-0.2, 0) is 12.8 Å². The Morgan fingerprint density at radius 3 is 2.55 bits per heavy atom. The fourth-order valence-corrected chi connectivity index (χ4v) is 1.73. The molecule has 4 nitrogen and oxygen atoms in total. The van der Waals surface area contributed by atoms with Crippen LogP contribution in [0.15, 0.2) is 34.9 Å². The highest BCUT2D eigenvalue weighted by Crippen LogP contribution is 2.22. The van der Waals surface area contributed by atoms with Gasteiger partial charge in [0.05, 0.1) is 12.5 Å². The number of aryl methyl sites for hydroxylation is 1. The predicted octanol–water partition coefficient (Wildman–Crippen LogP) is 2.81. The van der Waals surface area contributed by atoms with Crippen LogP contribution in [0, 0.1) is 0 Å².